The van der Waals surface area contributed by atoms with Crippen LogP contribution in [-0.2, 0) is 4.79 Å². The van der Waals surface area contributed by atoms with Crippen LogP contribution in [0.2, 0.25) is 0 Å². The second-order valence-electron chi connectivity index (χ2n) is 4.46. The highest BCUT2D eigenvalue weighted by Gasteiger charge is 2.08. The molecule has 0 aliphatic heterocycles. The molecule has 1 rings (SSSR count). The molecular weight excluding hydrogens is 230 g/mol. The van der Waals surface area contributed by atoms with E-state index in [1.807, 2.05) is 18.2 Å². The zero-order chi connectivity index (χ0) is 13.5. The Morgan fingerprint density at radius 1 is 1.39 bits per heavy atom. The van der Waals surface area contributed by atoms with E-state index in [-0.39, 0.29) is 0 Å². The minimum absolute atomic E-state index is 0.508. The molecule has 2 N–H and O–H groups in total. The second kappa shape index (κ2) is 7.01. The summed E-state index contributed by atoms with van der Waals surface area (Å²) in [5.74, 6) is 0.0365. The maximum absolute atomic E-state index is 10.6. The van der Waals surface area contributed by atoms with Gasteiger partial charge in [0.05, 0.1) is 6.61 Å². The molecule has 1 atom stereocenters. The third kappa shape index (κ3) is 4.75. The molecule has 0 aliphatic carbocycles. The summed E-state index contributed by atoms with van der Waals surface area (Å²) in [6, 6.07) is 5.50. The molecule has 100 valence electrons. The predicted molar refractivity (Wildman–Crippen MR) is 71.1 cm³/mol. The Kier molecular flexibility index (Phi) is 5.65. The highest BCUT2D eigenvalue weighted by molar-refractivity contribution is 5.72. The zero-order valence-electron chi connectivity index (χ0n) is 11.2. The summed E-state index contributed by atoms with van der Waals surface area (Å²) in [4.78, 5) is 10.6. The maximum atomic E-state index is 10.6. The number of carboxylic acid groups (broad SMARTS) is 1. The summed E-state index contributed by atoms with van der Waals surface area (Å²) in [5.41, 5.74) is 2.46. The average molecular weight is 251 g/mol. The van der Waals surface area contributed by atoms with Gasteiger partial charge >= 0.3 is 5.97 Å². The van der Waals surface area contributed by atoms with E-state index in [1.54, 1.807) is 6.92 Å². The molecule has 4 nitrogen and oxygen atoms in total. The lowest BCUT2D eigenvalue weighted by atomic mass is 10.1. The number of benzene rings is 1. The largest absolute Gasteiger partial charge is 0.494 e. The van der Waals surface area contributed by atoms with Crippen LogP contribution in [0.25, 0.3) is 0 Å². The summed E-state index contributed by atoms with van der Waals surface area (Å²) in [5, 5.41) is 11.6. The first-order valence-electron chi connectivity index (χ1n) is 6.17. The van der Waals surface area contributed by atoms with Crippen LogP contribution in [0.15, 0.2) is 18.2 Å². The third-order valence-corrected chi connectivity index (χ3v) is 2.89. The van der Waals surface area contributed by atoms with Crippen molar-refractivity contribution in [3.8, 4) is 5.75 Å². The topological polar surface area (TPSA) is 58.6 Å². The van der Waals surface area contributed by atoms with Crippen LogP contribution in [0.1, 0.15) is 24.5 Å². The van der Waals surface area contributed by atoms with Gasteiger partial charge in [-0.05, 0) is 57.0 Å². The van der Waals surface area contributed by atoms with Crippen molar-refractivity contribution in [1.29, 1.82) is 0 Å². The molecule has 18 heavy (non-hydrogen) atoms. The van der Waals surface area contributed by atoms with Crippen LogP contribution < -0.4 is 10.1 Å². The quantitative estimate of drug-likeness (QED) is 0.729. The van der Waals surface area contributed by atoms with Gasteiger partial charge in [0.15, 0.2) is 0 Å². The Morgan fingerprint density at radius 2 is 2.11 bits per heavy atom. The van der Waals surface area contributed by atoms with Crippen molar-refractivity contribution < 1.29 is 14.6 Å². The van der Waals surface area contributed by atoms with Gasteiger partial charge in [-0.2, -0.15) is 0 Å². The van der Waals surface area contributed by atoms with Crippen molar-refractivity contribution in [2.45, 2.75) is 33.2 Å². The van der Waals surface area contributed by atoms with E-state index in [0.29, 0.717) is 13.2 Å². The van der Waals surface area contributed by atoms with Gasteiger partial charge < -0.3 is 15.2 Å². The summed E-state index contributed by atoms with van der Waals surface area (Å²) in [6.07, 6.45) is 0.782. The highest BCUT2D eigenvalue weighted by Crippen LogP contribution is 2.16. The first-order valence-corrected chi connectivity index (χ1v) is 6.17. The Labute approximate surface area is 108 Å². The fourth-order valence-corrected chi connectivity index (χ4v) is 1.47. The molecule has 0 spiro atoms. The monoisotopic (exact) mass is 251 g/mol. The van der Waals surface area contributed by atoms with Crippen LogP contribution >= 0.6 is 0 Å². The molecule has 0 aliphatic rings. The minimum Gasteiger partial charge on any atom is -0.494 e. The summed E-state index contributed by atoms with van der Waals surface area (Å²) >= 11 is 0. The normalized spacial score (nSPS) is 12.2. The summed E-state index contributed by atoms with van der Waals surface area (Å²) < 4.78 is 5.60. The van der Waals surface area contributed by atoms with Crippen molar-refractivity contribution >= 4 is 5.97 Å². The predicted octanol–water partition coefficient (Wildman–Crippen LogP) is 2.14. The number of nitrogens with one attached hydrogen (secondary N) is 1. The summed E-state index contributed by atoms with van der Waals surface area (Å²) in [6.45, 7) is 6.97. The Morgan fingerprint density at radius 3 is 2.72 bits per heavy atom. The van der Waals surface area contributed by atoms with Gasteiger partial charge in [-0.25, -0.2) is 0 Å². The molecular formula is C14H21NO3. The molecule has 0 heterocycles. The van der Waals surface area contributed by atoms with E-state index in [9.17, 15) is 4.79 Å². The number of carbonyl (C=O) groups is 1. The highest BCUT2D eigenvalue weighted by atomic mass is 16.5. The molecule has 0 radical (unpaired) electrons. The molecule has 0 saturated heterocycles. The molecule has 4 heteroatoms. The van der Waals surface area contributed by atoms with E-state index in [4.69, 9.17) is 9.84 Å². The standard InChI is InChI=1S/C14H21NO3/c1-10-5-6-13(9-11(10)2)18-8-4-7-15-12(3)14(16)17/h5-6,9,12,15H,4,7-8H2,1-3H3,(H,16,17). The van der Waals surface area contributed by atoms with Crippen molar-refractivity contribution in [2.24, 2.45) is 0 Å². The maximum Gasteiger partial charge on any atom is 0.320 e. The molecule has 1 aromatic carbocycles. The number of aryl methyl sites for hydroxylation is 2. The van der Waals surface area contributed by atoms with Gasteiger partial charge in [-0.3, -0.25) is 4.79 Å². The lowest BCUT2D eigenvalue weighted by Crippen LogP contribution is -2.34. The number of hydrogen-bond acceptors (Lipinski definition) is 3. The van der Waals surface area contributed by atoms with Crippen LogP contribution in [0.4, 0.5) is 0 Å². The van der Waals surface area contributed by atoms with Gasteiger partial charge in [-0.1, -0.05) is 6.07 Å². The fraction of sp³-hybridized carbons (Fsp3) is 0.500. The van der Waals surface area contributed by atoms with Crippen LogP contribution in [-0.4, -0.2) is 30.3 Å². The van der Waals surface area contributed by atoms with Crippen LogP contribution in [0.5, 0.6) is 5.75 Å². The lowest BCUT2D eigenvalue weighted by molar-refractivity contribution is -0.139. The van der Waals surface area contributed by atoms with Crippen LogP contribution in [0.3, 0.4) is 0 Å². The zero-order valence-corrected chi connectivity index (χ0v) is 11.2. The molecule has 1 unspecified atom stereocenters. The van der Waals surface area contributed by atoms with Crippen molar-refractivity contribution in [3.05, 3.63) is 29.3 Å². The van der Waals surface area contributed by atoms with Gasteiger partial charge in [0.1, 0.15) is 11.8 Å². The molecule has 0 fully saturated rings. The fourth-order valence-electron chi connectivity index (χ4n) is 1.47. The number of rotatable bonds is 7. The van der Waals surface area contributed by atoms with Gasteiger partial charge in [0, 0.05) is 0 Å². The van der Waals surface area contributed by atoms with E-state index in [2.05, 4.69) is 19.2 Å². The van der Waals surface area contributed by atoms with Gasteiger partial charge in [0.2, 0.25) is 0 Å². The van der Waals surface area contributed by atoms with Gasteiger partial charge in [-0.15, -0.1) is 0 Å². The first kappa shape index (κ1) is 14.5. The number of aliphatic carboxylic acids is 1. The van der Waals surface area contributed by atoms with Crippen molar-refractivity contribution in [3.63, 3.8) is 0 Å². The average Bonchev–Trinajstić information content (AvgIpc) is 2.32. The Bertz CT molecular complexity index is 404. The lowest BCUT2D eigenvalue weighted by Gasteiger charge is -2.10. The van der Waals surface area contributed by atoms with Crippen molar-refractivity contribution in [1.82, 2.24) is 5.32 Å². The van der Waals surface area contributed by atoms with E-state index in [0.717, 1.165) is 12.2 Å². The molecule has 0 aromatic heterocycles. The summed E-state index contributed by atoms with van der Waals surface area (Å²) in [7, 11) is 0. The number of hydrogen-bond donors (Lipinski definition) is 2. The van der Waals surface area contributed by atoms with Gasteiger partial charge in [0.25, 0.3) is 0 Å². The number of carboxylic acids is 1. The molecule has 1 aromatic rings. The SMILES string of the molecule is Cc1ccc(OCCCNC(C)C(=O)O)cc1C. The minimum atomic E-state index is -0.829. The van der Waals surface area contributed by atoms with E-state index >= 15 is 0 Å². The van der Waals surface area contributed by atoms with E-state index in [1.165, 1.54) is 11.1 Å². The third-order valence-electron chi connectivity index (χ3n) is 2.89. The Balaban J connectivity index is 2.22. The van der Waals surface area contributed by atoms with E-state index < -0.39 is 12.0 Å². The molecule has 0 amide bonds. The molecule has 0 bridgehead atoms. The Hall–Kier alpha value is -1.55. The first-order chi connectivity index (χ1) is 8.50. The smallest absolute Gasteiger partial charge is 0.320 e. The second-order valence-corrected chi connectivity index (χ2v) is 4.46. The molecule has 0 saturated carbocycles. The van der Waals surface area contributed by atoms with Crippen molar-refractivity contribution in [2.75, 3.05) is 13.2 Å². The number of ether oxygens (including phenoxy) is 1. The van der Waals surface area contributed by atoms with Crippen LogP contribution in [0, 0.1) is 13.8 Å².